The van der Waals surface area contributed by atoms with Gasteiger partial charge in [-0.05, 0) is 32.2 Å². The Hall–Kier alpha value is -1.21. The number of nitrogens with one attached hydrogen (secondary N) is 1. The largest absolute Gasteiger partial charge is 0.376 e. The Morgan fingerprint density at radius 2 is 2.33 bits per heavy atom. The fraction of sp³-hybridized carbons (Fsp3) is 0.611. The van der Waals surface area contributed by atoms with Crippen molar-refractivity contribution in [1.82, 2.24) is 20.0 Å². The van der Waals surface area contributed by atoms with Crippen molar-refractivity contribution >= 4 is 11.3 Å². The molecule has 0 spiro atoms. The molecule has 24 heavy (non-hydrogen) atoms. The summed E-state index contributed by atoms with van der Waals surface area (Å²) in [6, 6.07) is 5.21. The van der Waals surface area contributed by atoms with E-state index in [9.17, 15) is 0 Å². The zero-order valence-electron chi connectivity index (χ0n) is 14.8. The fourth-order valence-corrected chi connectivity index (χ4v) is 3.98. The lowest BCUT2D eigenvalue weighted by atomic mass is 10.1. The molecule has 1 aliphatic rings. The Labute approximate surface area is 148 Å². The van der Waals surface area contributed by atoms with E-state index in [1.54, 1.807) is 0 Å². The molecule has 2 aromatic rings. The minimum Gasteiger partial charge on any atom is -0.376 e. The predicted octanol–water partition coefficient (Wildman–Crippen LogP) is 3.08. The number of ether oxygens (including phenoxy) is 1. The van der Waals surface area contributed by atoms with Crippen molar-refractivity contribution in [3.63, 3.8) is 0 Å². The maximum absolute atomic E-state index is 5.70. The van der Waals surface area contributed by atoms with Crippen LogP contribution in [0.3, 0.4) is 0 Å². The van der Waals surface area contributed by atoms with Crippen LogP contribution in [0.1, 0.15) is 43.3 Å². The van der Waals surface area contributed by atoms with Crippen LogP contribution in [0.4, 0.5) is 0 Å². The van der Waals surface area contributed by atoms with Crippen molar-refractivity contribution in [3.05, 3.63) is 40.3 Å². The lowest BCUT2D eigenvalue weighted by Crippen LogP contribution is -2.45. The molecular weight excluding hydrogens is 320 g/mol. The second-order valence-corrected chi connectivity index (χ2v) is 7.74. The maximum Gasteiger partial charge on any atom is 0.0674 e. The van der Waals surface area contributed by atoms with Crippen molar-refractivity contribution in [3.8, 4) is 0 Å². The molecule has 2 atom stereocenters. The summed E-state index contributed by atoms with van der Waals surface area (Å²) in [6.07, 6.45) is 4.41. The first-order valence-electron chi connectivity index (χ1n) is 8.76. The van der Waals surface area contributed by atoms with Gasteiger partial charge in [0.15, 0.2) is 0 Å². The zero-order chi connectivity index (χ0) is 16.9. The summed E-state index contributed by atoms with van der Waals surface area (Å²) in [4.78, 5) is 3.97. The molecule has 6 heteroatoms. The van der Waals surface area contributed by atoms with E-state index in [2.05, 4.69) is 59.8 Å². The van der Waals surface area contributed by atoms with Crippen LogP contribution in [0.5, 0.6) is 0 Å². The number of nitrogens with zero attached hydrogens (tertiary/aromatic N) is 3. The highest BCUT2D eigenvalue weighted by Crippen LogP contribution is 2.26. The minimum atomic E-state index is 0.311. The molecule has 0 bridgehead atoms. The first kappa shape index (κ1) is 17.6. The highest BCUT2D eigenvalue weighted by molar-refractivity contribution is 7.10. The van der Waals surface area contributed by atoms with Crippen LogP contribution < -0.4 is 5.32 Å². The molecule has 1 fully saturated rings. The van der Waals surface area contributed by atoms with Crippen LogP contribution in [0.2, 0.25) is 0 Å². The molecular formula is C18H28N4OS. The summed E-state index contributed by atoms with van der Waals surface area (Å²) in [5.74, 6) is 0. The molecule has 0 aromatic carbocycles. The van der Waals surface area contributed by atoms with E-state index in [4.69, 9.17) is 4.74 Å². The molecule has 132 valence electrons. The number of thiophene rings is 1. The van der Waals surface area contributed by atoms with E-state index < -0.39 is 0 Å². The average Bonchev–Trinajstić information content (AvgIpc) is 3.23. The molecule has 2 aromatic heterocycles. The Balaban J connectivity index is 1.59. The number of aromatic nitrogens is 2. The lowest BCUT2D eigenvalue weighted by Gasteiger charge is -2.37. The third-order valence-electron chi connectivity index (χ3n) is 4.44. The highest BCUT2D eigenvalue weighted by atomic mass is 32.1. The van der Waals surface area contributed by atoms with E-state index in [0.717, 1.165) is 32.8 Å². The van der Waals surface area contributed by atoms with Crippen molar-refractivity contribution in [2.24, 2.45) is 0 Å². The molecule has 5 nitrogen and oxygen atoms in total. The van der Waals surface area contributed by atoms with Crippen LogP contribution in [0.15, 0.2) is 29.9 Å². The van der Waals surface area contributed by atoms with Gasteiger partial charge in [-0.1, -0.05) is 6.07 Å². The van der Waals surface area contributed by atoms with Crippen LogP contribution in [0, 0.1) is 0 Å². The molecule has 0 radical (unpaired) electrons. The summed E-state index contributed by atoms with van der Waals surface area (Å²) in [7, 11) is 0. The van der Waals surface area contributed by atoms with Gasteiger partial charge in [0.25, 0.3) is 0 Å². The predicted molar refractivity (Wildman–Crippen MR) is 98.4 cm³/mol. The Morgan fingerprint density at radius 3 is 3.00 bits per heavy atom. The standard InChI is InChI=1S/C18H28N4OS/c1-14(2)22-13-16(10-20-22)9-19-11-17(18-5-4-8-24-18)21-6-7-23-15(3)12-21/h4-5,8,10,13-15,17,19H,6-7,9,11-12H2,1-3H3/t15-,17+/m1/s1. The second kappa shape index (κ2) is 8.25. The third-order valence-corrected chi connectivity index (χ3v) is 5.41. The van der Waals surface area contributed by atoms with E-state index in [0.29, 0.717) is 18.2 Å². The van der Waals surface area contributed by atoms with Gasteiger partial charge in [0, 0.05) is 48.9 Å². The number of rotatable bonds is 7. The molecule has 1 saturated heterocycles. The zero-order valence-corrected chi connectivity index (χ0v) is 15.6. The van der Waals surface area contributed by atoms with Gasteiger partial charge in [-0.25, -0.2) is 0 Å². The third kappa shape index (κ3) is 4.45. The monoisotopic (exact) mass is 348 g/mol. The fourth-order valence-electron chi connectivity index (χ4n) is 3.12. The van der Waals surface area contributed by atoms with Gasteiger partial charge in [0.05, 0.1) is 24.9 Å². The topological polar surface area (TPSA) is 42.3 Å². The molecule has 1 aliphatic heterocycles. The molecule has 1 N–H and O–H groups in total. The minimum absolute atomic E-state index is 0.311. The van der Waals surface area contributed by atoms with Gasteiger partial charge < -0.3 is 10.1 Å². The molecule has 0 amide bonds. The van der Waals surface area contributed by atoms with Crippen molar-refractivity contribution < 1.29 is 4.74 Å². The van der Waals surface area contributed by atoms with Crippen molar-refractivity contribution in [2.75, 3.05) is 26.2 Å². The SMILES string of the molecule is CC(C)n1cc(CNC[C@@H](c2cccs2)N2CCO[C@H](C)C2)cn1. The lowest BCUT2D eigenvalue weighted by molar-refractivity contribution is -0.0339. The summed E-state index contributed by atoms with van der Waals surface area (Å²) >= 11 is 1.84. The van der Waals surface area contributed by atoms with Gasteiger partial charge in [0.2, 0.25) is 0 Å². The molecule has 3 heterocycles. The quantitative estimate of drug-likeness (QED) is 0.835. The smallest absolute Gasteiger partial charge is 0.0674 e. The Bertz CT molecular complexity index is 610. The number of morpholine rings is 1. The van der Waals surface area contributed by atoms with Gasteiger partial charge in [-0.3, -0.25) is 9.58 Å². The van der Waals surface area contributed by atoms with Crippen LogP contribution in [-0.4, -0.2) is 47.0 Å². The highest BCUT2D eigenvalue weighted by Gasteiger charge is 2.26. The van der Waals surface area contributed by atoms with E-state index in [1.165, 1.54) is 10.4 Å². The molecule has 0 saturated carbocycles. The summed E-state index contributed by atoms with van der Waals surface area (Å²) in [5.41, 5.74) is 1.24. The number of hydrogen-bond acceptors (Lipinski definition) is 5. The van der Waals surface area contributed by atoms with E-state index in [1.807, 2.05) is 22.2 Å². The summed E-state index contributed by atoms with van der Waals surface area (Å²) < 4.78 is 7.72. The van der Waals surface area contributed by atoms with Crippen molar-refractivity contribution in [2.45, 2.75) is 45.5 Å². The first-order chi connectivity index (χ1) is 11.6. The normalized spacial score (nSPS) is 20.6. The van der Waals surface area contributed by atoms with Gasteiger partial charge in [0.1, 0.15) is 0 Å². The van der Waals surface area contributed by atoms with Crippen LogP contribution in [-0.2, 0) is 11.3 Å². The van der Waals surface area contributed by atoms with Crippen LogP contribution in [0.25, 0.3) is 0 Å². The van der Waals surface area contributed by atoms with E-state index in [-0.39, 0.29) is 0 Å². The van der Waals surface area contributed by atoms with Gasteiger partial charge in [-0.15, -0.1) is 11.3 Å². The second-order valence-electron chi connectivity index (χ2n) is 6.76. The molecule has 0 aliphatic carbocycles. The Kier molecular flexibility index (Phi) is 6.05. The molecule has 3 rings (SSSR count). The maximum atomic E-state index is 5.70. The summed E-state index contributed by atoms with van der Waals surface area (Å²) in [5, 5.41) is 10.2. The molecule has 0 unspecified atom stereocenters. The Morgan fingerprint density at radius 1 is 1.46 bits per heavy atom. The van der Waals surface area contributed by atoms with Crippen molar-refractivity contribution in [1.29, 1.82) is 0 Å². The first-order valence-corrected chi connectivity index (χ1v) is 9.64. The van der Waals surface area contributed by atoms with Gasteiger partial charge in [-0.2, -0.15) is 5.10 Å². The average molecular weight is 349 g/mol. The van der Waals surface area contributed by atoms with Crippen LogP contribution >= 0.6 is 11.3 Å². The number of hydrogen-bond donors (Lipinski definition) is 1. The van der Waals surface area contributed by atoms with E-state index >= 15 is 0 Å². The summed E-state index contributed by atoms with van der Waals surface area (Å²) in [6.45, 7) is 11.1. The van der Waals surface area contributed by atoms with Gasteiger partial charge >= 0.3 is 0 Å².